The summed E-state index contributed by atoms with van der Waals surface area (Å²) in [6.07, 6.45) is 1.99. The van der Waals surface area contributed by atoms with Crippen LogP contribution >= 0.6 is 0 Å². The molecule has 0 aliphatic carbocycles. The van der Waals surface area contributed by atoms with E-state index in [1.807, 2.05) is 24.3 Å². The highest BCUT2D eigenvalue weighted by Gasteiger charge is 2.05. The van der Waals surface area contributed by atoms with Gasteiger partial charge in [0, 0.05) is 12.2 Å². The summed E-state index contributed by atoms with van der Waals surface area (Å²) in [7, 11) is -3.33. The van der Waals surface area contributed by atoms with Crippen LogP contribution in [0.5, 0.6) is 5.75 Å². The molecule has 0 saturated carbocycles. The number of sulfonamides is 1. The van der Waals surface area contributed by atoms with Gasteiger partial charge >= 0.3 is 0 Å². The van der Waals surface area contributed by atoms with E-state index in [0.29, 0.717) is 11.4 Å². The zero-order valence-corrected chi connectivity index (χ0v) is 15.1. The first-order valence-corrected chi connectivity index (χ1v) is 9.80. The van der Waals surface area contributed by atoms with E-state index in [4.69, 9.17) is 4.74 Å². The van der Waals surface area contributed by atoms with Crippen molar-refractivity contribution in [2.75, 3.05) is 17.6 Å². The topological polar surface area (TPSA) is 84.5 Å². The maximum absolute atomic E-state index is 11.9. The van der Waals surface area contributed by atoms with E-state index >= 15 is 0 Å². The summed E-state index contributed by atoms with van der Waals surface area (Å²) in [5.74, 6) is 0.414. The van der Waals surface area contributed by atoms with E-state index < -0.39 is 10.0 Å². The molecule has 7 heteroatoms. The first-order chi connectivity index (χ1) is 11.9. The summed E-state index contributed by atoms with van der Waals surface area (Å²) in [6.45, 7) is 2.27. The van der Waals surface area contributed by atoms with Crippen molar-refractivity contribution < 1.29 is 17.9 Å². The number of ether oxygens (including phenoxy) is 1. The molecule has 1 amide bonds. The summed E-state index contributed by atoms with van der Waals surface area (Å²) >= 11 is 0. The standard InChI is InChI=1S/C18H22N2O4S/c1-3-14-6-5-9-17(11-14)24-13-18(21)19-12-15-7-4-8-16(10-15)20-25(2,22)23/h4-11,20H,3,12-13H2,1-2H3,(H,19,21). The smallest absolute Gasteiger partial charge is 0.258 e. The van der Waals surface area contributed by atoms with Gasteiger partial charge < -0.3 is 10.1 Å². The van der Waals surface area contributed by atoms with Crippen LogP contribution in [0.1, 0.15) is 18.1 Å². The Labute approximate surface area is 148 Å². The van der Waals surface area contributed by atoms with E-state index in [2.05, 4.69) is 17.0 Å². The van der Waals surface area contributed by atoms with Crippen molar-refractivity contribution in [1.82, 2.24) is 5.32 Å². The maximum Gasteiger partial charge on any atom is 0.258 e. The normalized spacial score (nSPS) is 11.0. The third-order valence-electron chi connectivity index (χ3n) is 3.40. The number of hydrogen-bond donors (Lipinski definition) is 2. The van der Waals surface area contributed by atoms with Gasteiger partial charge in [0.1, 0.15) is 5.75 Å². The number of aryl methyl sites for hydroxylation is 1. The number of carbonyl (C=O) groups is 1. The molecule has 0 aliphatic rings. The number of rotatable bonds is 8. The van der Waals surface area contributed by atoms with Gasteiger partial charge in [0.15, 0.2) is 6.61 Å². The van der Waals surface area contributed by atoms with Gasteiger partial charge in [-0.1, -0.05) is 31.2 Å². The summed E-state index contributed by atoms with van der Waals surface area (Å²) in [6, 6.07) is 14.5. The number of hydrogen-bond acceptors (Lipinski definition) is 4. The van der Waals surface area contributed by atoms with Crippen LogP contribution in [0, 0.1) is 0 Å². The van der Waals surface area contributed by atoms with E-state index in [1.54, 1.807) is 24.3 Å². The summed E-state index contributed by atoms with van der Waals surface area (Å²) < 4.78 is 30.4. The van der Waals surface area contributed by atoms with Crippen LogP contribution in [0.15, 0.2) is 48.5 Å². The fraction of sp³-hybridized carbons (Fsp3) is 0.278. The Bertz CT molecular complexity index is 834. The fourth-order valence-corrected chi connectivity index (χ4v) is 2.77. The fourth-order valence-electron chi connectivity index (χ4n) is 2.21. The molecule has 0 spiro atoms. The van der Waals surface area contributed by atoms with Crippen LogP contribution in [0.25, 0.3) is 0 Å². The van der Waals surface area contributed by atoms with Gasteiger partial charge in [-0.05, 0) is 41.8 Å². The van der Waals surface area contributed by atoms with Crippen LogP contribution in [-0.4, -0.2) is 27.2 Å². The Balaban J connectivity index is 1.84. The second-order valence-electron chi connectivity index (χ2n) is 5.64. The number of amides is 1. The van der Waals surface area contributed by atoms with E-state index in [9.17, 15) is 13.2 Å². The molecule has 25 heavy (non-hydrogen) atoms. The third kappa shape index (κ3) is 6.84. The monoisotopic (exact) mass is 362 g/mol. The highest BCUT2D eigenvalue weighted by molar-refractivity contribution is 7.92. The lowest BCUT2D eigenvalue weighted by Crippen LogP contribution is -2.28. The average molecular weight is 362 g/mol. The second kappa shape index (κ2) is 8.53. The third-order valence-corrected chi connectivity index (χ3v) is 4.00. The zero-order valence-electron chi connectivity index (χ0n) is 14.3. The molecule has 2 rings (SSSR count). The molecule has 0 radical (unpaired) electrons. The molecule has 0 bridgehead atoms. The molecule has 6 nitrogen and oxygen atoms in total. The molecule has 134 valence electrons. The van der Waals surface area contributed by atoms with Crippen molar-refractivity contribution in [1.29, 1.82) is 0 Å². The van der Waals surface area contributed by atoms with Crippen LogP contribution in [0.3, 0.4) is 0 Å². The molecular weight excluding hydrogens is 340 g/mol. The lowest BCUT2D eigenvalue weighted by atomic mass is 10.2. The van der Waals surface area contributed by atoms with Gasteiger partial charge in [-0.3, -0.25) is 9.52 Å². The molecule has 0 unspecified atom stereocenters. The van der Waals surface area contributed by atoms with Crippen molar-refractivity contribution in [3.8, 4) is 5.75 Å². The van der Waals surface area contributed by atoms with Crippen molar-refractivity contribution in [2.24, 2.45) is 0 Å². The Hall–Kier alpha value is -2.54. The predicted molar refractivity (Wildman–Crippen MR) is 98.1 cm³/mol. The molecule has 0 saturated heterocycles. The van der Waals surface area contributed by atoms with E-state index in [1.165, 1.54) is 0 Å². The largest absolute Gasteiger partial charge is 0.484 e. The lowest BCUT2D eigenvalue weighted by Gasteiger charge is -2.10. The predicted octanol–water partition coefficient (Wildman–Crippen LogP) is 2.32. The van der Waals surface area contributed by atoms with Crippen molar-refractivity contribution in [2.45, 2.75) is 19.9 Å². The van der Waals surface area contributed by atoms with Crippen molar-refractivity contribution >= 4 is 21.6 Å². The molecule has 2 aromatic carbocycles. The molecule has 0 heterocycles. The van der Waals surface area contributed by atoms with Gasteiger partial charge in [0.05, 0.1) is 6.26 Å². The Morgan fingerprint density at radius 1 is 1.08 bits per heavy atom. The number of anilines is 1. The molecule has 0 fully saturated rings. The van der Waals surface area contributed by atoms with Crippen molar-refractivity contribution in [3.05, 3.63) is 59.7 Å². The van der Waals surface area contributed by atoms with Gasteiger partial charge in [-0.25, -0.2) is 8.42 Å². The Morgan fingerprint density at radius 3 is 2.52 bits per heavy atom. The molecule has 0 aliphatic heterocycles. The molecular formula is C18H22N2O4S. The quantitative estimate of drug-likeness (QED) is 0.755. The van der Waals surface area contributed by atoms with Gasteiger partial charge in [-0.2, -0.15) is 0 Å². The van der Waals surface area contributed by atoms with Crippen LogP contribution < -0.4 is 14.8 Å². The highest BCUT2D eigenvalue weighted by atomic mass is 32.2. The molecule has 2 N–H and O–H groups in total. The molecule has 0 atom stereocenters. The van der Waals surface area contributed by atoms with Crippen molar-refractivity contribution in [3.63, 3.8) is 0 Å². The summed E-state index contributed by atoms with van der Waals surface area (Å²) in [5.41, 5.74) is 2.39. The van der Waals surface area contributed by atoms with E-state index in [0.717, 1.165) is 23.8 Å². The Morgan fingerprint density at radius 2 is 1.80 bits per heavy atom. The summed E-state index contributed by atoms with van der Waals surface area (Å²) in [5, 5.41) is 2.75. The number of nitrogens with one attached hydrogen (secondary N) is 2. The maximum atomic E-state index is 11.9. The number of benzene rings is 2. The minimum Gasteiger partial charge on any atom is -0.484 e. The second-order valence-corrected chi connectivity index (χ2v) is 7.39. The van der Waals surface area contributed by atoms with Gasteiger partial charge in [0.2, 0.25) is 10.0 Å². The van der Waals surface area contributed by atoms with Gasteiger partial charge in [0.25, 0.3) is 5.91 Å². The average Bonchev–Trinajstić information content (AvgIpc) is 2.57. The Kier molecular flexibility index (Phi) is 6.41. The number of carbonyl (C=O) groups excluding carboxylic acids is 1. The lowest BCUT2D eigenvalue weighted by molar-refractivity contribution is -0.123. The first-order valence-electron chi connectivity index (χ1n) is 7.91. The van der Waals surface area contributed by atoms with Crippen LogP contribution in [0.2, 0.25) is 0 Å². The first kappa shape index (κ1) is 18.8. The minimum atomic E-state index is -3.33. The molecule has 0 aromatic heterocycles. The highest BCUT2D eigenvalue weighted by Crippen LogP contribution is 2.14. The van der Waals surface area contributed by atoms with Gasteiger partial charge in [-0.15, -0.1) is 0 Å². The zero-order chi connectivity index (χ0) is 18.3. The van der Waals surface area contributed by atoms with Crippen LogP contribution in [0.4, 0.5) is 5.69 Å². The minimum absolute atomic E-state index is 0.0750. The van der Waals surface area contributed by atoms with E-state index in [-0.39, 0.29) is 19.1 Å². The van der Waals surface area contributed by atoms with Crippen LogP contribution in [-0.2, 0) is 27.8 Å². The SMILES string of the molecule is CCc1cccc(OCC(=O)NCc2cccc(NS(C)(=O)=O)c2)c1. The summed E-state index contributed by atoms with van der Waals surface area (Å²) in [4.78, 5) is 11.9. The molecule has 2 aromatic rings.